The molecular weight excluding hydrogens is 190 g/mol. The Bertz CT molecular complexity index is 292. The second-order valence-corrected chi connectivity index (χ2v) is 4.09. The van der Waals surface area contributed by atoms with Gasteiger partial charge in [0.1, 0.15) is 5.82 Å². The van der Waals surface area contributed by atoms with Gasteiger partial charge in [0.25, 0.3) is 0 Å². The van der Waals surface area contributed by atoms with Crippen molar-refractivity contribution in [1.29, 1.82) is 0 Å². The first-order valence-electron chi connectivity index (χ1n) is 5.72. The molecule has 1 aliphatic rings. The van der Waals surface area contributed by atoms with Crippen LogP contribution in [0.1, 0.15) is 31.5 Å². The van der Waals surface area contributed by atoms with Crippen LogP contribution < -0.4 is 5.48 Å². The summed E-state index contributed by atoms with van der Waals surface area (Å²) in [6, 6.07) is 0. The van der Waals surface area contributed by atoms with Crippen molar-refractivity contribution < 1.29 is 4.84 Å². The molecule has 15 heavy (non-hydrogen) atoms. The van der Waals surface area contributed by atoms with E-state index in [4.69, 9.17) is 4.84 Å². The number of imidazole rings is 1. The molecule has 1 aromatic rings. The van der Waals surface area contributed by atoms with Gasteiger partial charge in [0, 0.05) is 25.5 Å². The largest absolute Gasteiger partial charge is 0.334 e. The predicted molar refractivity (Wildman–Crippen MR) is 58.3 cm³/mol. The molecule has 1 heterocycles. The monoisotopic (exact) mass is 209 g/mol. The van der Waals surface area contributed by atoms with Crippen molar-refractivity contribution in [2.24, 2.45) is 0 Å². The molecule has 1 aliphatic carbocycles. The van der Waals surface area contributed by atoms with Crippen molar-refractivity contribution in [1.82, 2.24) is 15.0 Å². The van der Waals surface area contributed by atoms with Crippen LogP contribution in [-0.2, 0) is 11.4 Å². The van der Waals surface area contributed by atoms with Crippen LogP contribution in [0.3, 0.4) is 0 Å². The average Bonchev–Trinajstić information content (AvgIpc) is 2.85. The standard InChI is InChI=1S/C11H19N3O/c1-10-12-6-8-14(10)9-7-13-15-11-4-2-3-5-11/h6,8,11,13H,2-5,7,9H2,1H3. The van der Waals surface area contributed by atoms with E-state index in [1.54, 1.807) is 0 Å². The molecular formula is C11H19N3O. The molecule has 0 saturated heterocycles. The third kappa shape index (κ3) is 3.04. The Hall–Kier alpha value is -0.870. The molecule has 84 valence electrons. The number of hydroxylamine groups is 1. The van der Waals surface area contributed by atoms with Gasteiger partial charge in [-0.25, -0.2) is 10.5 Å². The van der Waals surface area contributed by atoms with Crippen LogP contribution in [0.2, 0.25) is 0 Å². The average molecular weight is 209 g/mol. The second kappa shape index (κ2) is 5.28. The summed E-state index contributed by atoms with van der Waals surface area (Å²) in [6.07, 6.45) is 9.29. The fourth-order valence-corrected chi connectivity index (χ4v) is 1.99. The van der Waals surface area contributed by atoms with E-state index in [0.29, 0.717) is 6.10 Å². The van der Waals surface area contributed by atoms with E-state index < -0.39 is 0 Å². The van der Waals surface area contributed by atoms with Crippen molar-refractivity contribution >= 4 is 0 Å². The lowest BCUT2D eigenvalue weighted by atomic mass is 10.3. The molecule has 1 fully saturated rings. The Morgan fingerprint density at radius 3 is 3.00 bits per heavy atom. The van der Waals surface area contributed by atoms with Gasteiger partial charge in [-0.2, -0.15) is 0 Å². The normalized spacial score (nSPS) is 17.4. The first-order valence-corrected chi connectivity index (χ1v) is 5.72. The van der Waals surface area contributed by atoms with Crippen molar-refractivity contribution in [3.8, 4) is 0 Å². The summed E-state index contributed by atoms with van der Waals surface area (Å²) in [4.78, 5) is 9.72. The third-order valence-electron chi connectivity index (χ3n) is 2.93. The smallest absolute Gasteiger partial charge is 0.105 e. The van der Waals surface area contributed by atoms with E-state index >= 15 is 0 Å². The van der Waals surface area contributed by atoms with E-state index in [1.165, 1.54) is 25.7 Å². The molecule has 0 spiro atoms. The quantitative estimate of drug-likeness (QED) is 0.592. The van der Waals surface area contributed by atoms with Crippen molar-refractivity contribution in [3.05, 3.63) is 18.2 Å². The minimum Gasteiger partial charge on any atom is -0.334 e. The Balaban J connectivity index is 1.60. The maximum Gasteiger partial charge on any atom is 0.105 e. The number of hydrogen-bond donors (Lipinski definition) is 1. The number of aromatic nitrogens is 2. The highest BCUT2D eigenvalue weighted by atomic mass is 16.7. The van der Waals surface area contributed by atoms with Gasteiger partial charge in [-0.05, 0) is 19.8 Å². The highest BCUT2D eigenvalue weighted by Gasteiger charge is 2.14. The van der Waals surface area contributed by atoms with Crippen molar-refractivity contribution in [2.45, 2.75) is 45.3 Å². The molecule has 0 atom stereocenters. The van der Waals surface area contributed by atoms with Crippen LogP contribution in [0.4, 0.5) is 0 Å². The first-order chi connectivity index (χ1) is 7.36. The number of aryl methyl sites for hydroxylation is 1. The van der Waals surface area contributed by atoms with Crippen LogP contribution in [-0.4, -0.2) is 22.2 Å². The van der Waals surface area contributed by atoms with Gasteiger partial charge >= 0.3 is 0 Å². The van der Waals surface area contributed by atoms with Gasteiger partial charge in [0.05, 0.1) is 6.10 Å². The zero-order valence-electron chi connectivity index (χ0n) is 9.28. The van der Waals surface area contributed by atoms with Crippen LogP contribution in [0.15, 0.2) is 12.4 Å². The van der Waals surface area contributed by atoms with Crippen LogP contribution in [0, 0.1) is 6.92 Å². The Labute approximate surface area is 90.6 Å². The van der Waals surface area contributed by atoms with Crippen LogP contribution >= 0.6 is 0 Å². The number of hydrogen-bond acceptors (Lipinski definition) is 3. The molecule has 1 aromatic heterocycles. The fraction of sp³-hybridized carbons (Fsp3) is 0.727. The van der Waals surface area contributed by atoms with E-state index in [2.05, 4.69) is 15.0 Å². The number of rotatable bonds is 5. The van der Waals surface area contributed by atoms with Gasteiger partial charge < -0.3 is 4.57 Å². The molecule has 0 bridgehead atoms. The molecule has 4 heteroatoms. The zero-order chi connectivity index (χ0) is 10.5. The molecule has 0 aromatic carbocycles. The summed E-state index contributed by atoms with van der Waals surface area (Å²) < 4.78 is 2.12. The lowest BCUT2D eigenvalue weighted by Crippen LogP contribution is -2.25. The Morgan fingerprint density at radius 2 is 2.33 bits per heavy atom. The van der Waals surface area contributed by atoms with Gasteiger partial charge in [0.15, 0.2) is 0 Å². The lowest BCUT2D eigenvalue weighted by molar-refractivity contribution is -0.0217. The summed E-state index contributed by atoms with van der Waals surface area (Å²) in [5, 5.41) is 0. The van der Waals surface area contributed by atoms with Gasteiger partial charge in [-0.1, -0.05) is 12.8 Å². The van der Waals surface area contributed by atoms with Gasteiger partial charge in [0.2, 0.25) is 0 Å². The SMILES string of the molecule is Cc1nccn1CCNOC1CCCC1. The van der Waals surface area contributed by atoms with E-state index in [1.807, 2.05) is 19.3 Å². The van der Waals surface area contributed by atoms with Gasteiger partial charge in [-0.3, -0.25) is 4.84 Å². The molecule has 0 unspecified atom stereocenters. The molecule has 4 nitrogen and oxygen atoms in total. The Morgan fingerprint density at radius 1 is 1.53 bits per heavy atom. The minimum atomic E-state index is 0.439. The number of nitrogens with zero attached hydrogens (tertiary/aromatic N) is 2. The summed E-state index contributed by atoms with van der Waals surface area (Å²) in [5.74, 6) is 1.05. The lowest BCUT2D eigenvalue weighted by Gasteiger charge is -2.12. The van der Waals surface area contributed by atoms with Crippen LogP contribution in [0.25, 0.3) is 0 Å². The summed E-state index contributed by atoms with van der Waals surface area (Å²) in [6.45, 7) is 3.77. The minimum absolute atomic E-state index is 0.439. The molecule has 0 amide bonds. The summed E-state index contributed by atoms with van der Waals surface area (Å²) in [7, 11) is 0. The maximum absolute atomic E-state index is 5.56. The summed E-state index contributed by atoms with van der Waals surface area (Å²) >= 11 is 0. The molecule has 1 N–H and O–H groups in total. The van der Waals surface area contributed by atoms with Crippen molar-refractivity contribution in [3.63, 3.8) is 0 Å². The van der Waals surface area contributed by atoms with E-state index in [-0.39, 0.29) is 0 Å². The zero-order valence-corrected chi connectivity index (χ0v) is 9.28. The topological polar surface area (TPSA) is 39.1 Å². The van der Waals surface area contributed by atoms with Crippen LogP contribution in [0.5, 0.6) is 0 Å². The second-order valence-electron chi connectivity index (χ2n) is 4.09. The first kappa shape index (κ1) is 10.6. The molecule has 0 radical (unpaired) electrons. The Kier molecular flexibility index (Phi) is 3.75. The molecule has 1 saturated carbocycles. The highest BCUT2D eigenvalue weighted by Crippen LogP contribution is 2.19. The molecule has 0 aliphatic heterocycles. The van der Waals surface area contributed by atoms with Crippen molar-refractivity contribution in [2.75, 3.05) is 6.54 Å². The van der Waals surface area contributed by atoms with E-state index in [9.17, 15) is 0 Å². The summed E-state index contributed by atoms with van der Waals surface area (Å²) in [5.41, 5.74) is 3.04. The fourth-order valence-electron chi connectivity index (χ4n) is 1.99. The molecule has 2 rings (SSSR count). The van der Waals surface area contributed by atoms with Gasteiger partial charge in [-0.15, -0.1) is 0 Å². The number of nitrogens with one attached hydrogen (secondary N) is 1. The predicted octanol–water partition coefficient (Wildman–Crippen LogP) is 1.66. The highest BCUT2D eigenvalue weighted by molar-refractivity contribution is 4.88. The third-order valence-corrected chi connectivity index (χ3v) is 2.93. The maximum atomic E-state index is 5.56. The van der Waals surface area contributed by atoms with E-state index in [0.717, 1.165) is 18.9 Å².